The van der Waals surface area contributed by atoms with Crippen LogP contribution in [0.2, 0.25) is 0 Å². The first-order valence-corrected chi connectivity index (χ1v) is 5.12. The highest BCUT2D eigenvalue weighted by atomic mass is 14.5. The van der Waals surface area contributed by atoms with E-state index in [4.69, 9.17) is 11.5 Å². The Morgan fingerprint density at radius 3 is 2.08 bits per heavy atom. The van der Waals surface area contributed by atoms with E-state index < -0.39 is 0 Å². The quantitative estimate of drug-likeness (QED) is 0.575. The van der Waals surface area contributed by atoms with Gasteiger partial charge in [-0.05, 0) is 31.3 Å². The molecule has 0 aliphatic carbocycles. The predicted octanol–water partition coefficient (Wildman–Crippen LogP) is 1.74. The lowest BCUT2D eigenvalue weighted by atomic mass is 9.91. The van der Waals surface area contributed by atoms with Crippen molar-refractivity contribution < 1.29 is 0 Å². The highest BCUT2D eigenvalue weighted by Crippen LogP contribution is 2.16. The van der Waals surface area contributed by atoms with Gasteiger partial charge in [0.05, 0.1) is 0 Å². The van der Waals surface area contributed by atoms with Gasteiger partial charge in [0.2, 0.25) is 0 Å². The van der Waals surface area contributed by atoms with E-state index in [1.807, 2.05) is 0 Å². The normalized spacial score (nSPS) is 16.0. The molecule has 0 bridgehead atoms. The Hall–Kier alpha value is -0.0800. The molecule has 0 amide bonds. The average Bonchev–Trinajstić information content (AvgIpc) is 2.10. The Kier molecular flexibility index (Phi) is 7.51. The maximum absolute atomic E-state index is 5.58. The Morgan fingerprint density at radius 2 is 1.58 bits per heavy atom. The second-order valence-electron chi connectivity index (χ2n) is 3.83. The van der Waals surface area contributed by atoms with Crippen LogP contribution in [0, 0.1) is 11.8 Å². The number of hydrogen-bond donors (Lipinski definition) is 2. The van der Waals surface area contributed by atoms with Crippen LogP contribution in [0.4, 0.5) is 0 Å². The van der Waals surface area contributed by atoms with Gasteiger partial charge in [-0.2, -0.15) is 0 Å². The molecule has 0 heterocycles. The molecule has 0 spiro atoms. The summed E-state index contributed by atoms with van der Waals surface area (Å²) in [4.78, 5) is 0. The molecular formula is C10H24N2. The molecule has 4 N–H and O–H groups in total. The first-order valence-electron chi connectivity index (χ1n) is 5.12. The fraction of sp³-hybridized carbons (Fsp3) is 1.00. The average molecular weight is 172 g/mol. The summed E-state index contributed by atoms with van der Waals surface area (Å²) >= 11 is 0. The summed E-state index contributed by atoms with van der Waals surface area (Å²) in [6.07, 6.45) is 5.06. The Labute approximate surface area is 76.7 Å². The zero-order chi connectivity index (χ0) is 9.40. The summed E-state index contributed by atoms with van der Waals surface area (Å²) in [5.41, 5.74) is 11.0. The van der Waals surface area contributed by atoms with Crippen LogP contribution in [0.25, 0.3) is 0 Å². The maximum Gasteiger partial charge on any atom is -0.00490 e. The first-order chi connectivity index (χ1) is 5.72. The summed E-state index contributed by atoms with van der Waals surface area (Å²) in [6.45, 7) is 6.17. The van der Waals surface area contributed by atoms with Crippen LogP contribution in [0.15, 0.2) is 0 Å². The third kappa shape index (κ3) is 5.56. The number of hydrogen-bond acceptors (Lipinski definition) is 2. The van der Waals surface area contributed by atoms with E-state index >= 15 is 0 Å². The maximum atomic E-state index is 5.58. The van der Waals surface area contributed by atoms with E-state index in [0.29, 0.717) is 5.92 Å². The van der Waals surface area contributed by atoms with Crippen LogP contribution >= 0.6 is 0 Å². The standard InChI is InChI=1S/C10H24N2/c1-9(10(2)8-12)6-4-3-5-7-11/h9-10H,3-8,11-12H2,1-2H3. The van der Waals surface area contributed by atoms with Crippen molar-refractivity contribution in [2.45, 2.75) is 39.5 Å². The van der Waals surface area contributed by atoms with Crippen molar-refractivity contribution in [2.75, 3.05) is 13.1 Å². The molecule has 74 valence electrons. The van der Waals surface area contributed by atoms with E-state index in [0.717, 1.165) is 19.0 Å². The monoisotopic (exact) mass is 172 g/mol. The molecule has 0 radical (unpaired) electrons. The van der Waals surface area contributed by atoms with Gasteiger partial charge in [0, 0.05) is 0 Å². The molecule has 0 rings (SSSR count). The molecule has 0 aromatic rings. The summed E-state index contributed by atoms with van der Waals surface area (Å²) in [7, 11) is 0. The van der Waals surface area contributed by atoms with Crippen molar-refractivity contribution in [2.24, 2.45) is 23.3 Å². The van der Waals surface area contributed by atoms with Gasteiger partial charge >= 0.3 is 0 Å². The Balaban J connectivity index is 3.24. The third-order valence-electron chi connectivity index (χ3n) is 2.71. The molecule has 0 saturated carbocycles. The van der Waals surface area contributed by atoms with Gasteiger partial charge in [-0.3, -0.25) is 0 Å². The van der Waals surface area contributed by atoms with E-state index in [1.54, 1.807) is 0 Å². The van der Waals surface area contributed by atoms with Gasteiger partial charge in [-0.1, -0.05) is 33.1 Å². The summed E-state index contributed by atoms with van der Waals surface area (Å²) in [6, 6.07) is 0. The van der Waals surface area contributed by atoms with Crippen LogP contribution in [-0.4, -0.2) is 13.1 Å². The summed E-state index contributed by atoms with van der Waals surface area (Å²) < 4.78 is 0. The Morgan fingerprint density at radius 1 is 0.917 bits per heavy atom. The molecule has 0 aliphatic heterocycles. The molecule has 2 heteroatoms. The first kappa shape index (κ1) is 11.9. The van der Waals surface area contributed by atoms with Crippen LogP contribution < -0.4 is 11.5 Å². The molecule has 0 fully saturated rings. The topological polar surface area (TPSA) is 52.0 Å². The lowest BCUT2D eigenvalue weighted by Crippen LogP contribution is -2.18. The van der Waals surface area contributed by atoms with Crippen LogP contribution in [0.5, 0.6) is 0 Å². The number of rotatable bonds is 7. The van der Waals surface area contributed by atoms with E-state index in [1.165, 1.54) is 25.7 Å². The van der Waals surface area contributed by atoms with Gasteiger partial charge in [0.15, 0.2) is 0 Å². The van der Waals surface area contributed by atoms with Gasteiger partial charge in [-0.25, -0.2) is 0 Å². The largest absolute Gasteiger partial charge is 0.330 e. The van der Waals surface area contributed by atoms with Crippen LogP contribution in [0.1, 0.15) is 39.5 Å². The molecule has 2 unspecified atom stereocenters. The molecule has 0 aliphatic rings. The second-order valence-corrected chi connectivity index (χ2v) is 3.83. The molecule has 0 saturated heterocycles. The highest BCUT2D eigenvalue weighted by Gasteiger charge is 2.08. The van der Waals surface area contributed by atoms with Crippen molar-refractivity contribution in [1.82, 2.24) is 0 Å². The predicted molar refractivity (Wildman–Crippen MR) is 54.9 cm³/mol. The molecule has 0 aromatic carbocycles. The summed E-state index contributed by atoms with van der Waals surface area (Å²) in [5.74, 6) is 1.44. The van der Waals surface area contributed by atoms with Gasteiger partial charge < -0.3 is 11.5 Å². The van der Waals surface area contributed by atoms with Crippen molar-refractivity contribution in [1.29, 1.82) is 0 Å². The van der Waals surface area contributed by atoms with Crippen molar-refractivity contribution >= 4 is 0 Å². The van der Waals surface area contributed by atoms with Crippen LogP contribution in [-0.2, 0) is 0 Å². The van der Waals surface area contributed by atoms with E-state index in [-0.39, 0.29) is 0 Å². The molecular weight excluding hydrogens is 148 g/mol. The third-order valence-corrected chi connectivity index (χ3v) is 2.71. The van der Waals surface area contributed by atoms with Crippen molar-refractivity contribution in [3.05, 3.63) is 0 Å². The lowest BCUT2D eigenvalue weighted by molar-refractivity contribution is 0.359. The number of unbranched alkanes of at least 4 members (excludes halogenated alkanes) is 2. The van der Waals surface area contributed by atoms with E-state index in [9.17, 15) is 0 Å². The molecule has 2 nitrogen and oxygen atoms in total. The van der Waals surface area contributed by atoms with Gasteiger partial charge in [-0.15, -0.1) is 0 Å². The zero-order valence-electron chi connectivity index (χ0n) is 8.55. The lowest BCUT2D eigenvalue weighted by Gasteiger charge is -2.17. The van der Waals surface area contributed by atoms with Crippen molar-refractivity contribution in [3.8, 4) is 0 Å². The molecule has 0 aromatic heterocycles. The van der Waals surface area contributed by atoms with Crippen molar-refractivity contribution in [3.63, 3.8) is 0 Å². The highest BCUT2D eigenvalue weighted by molar-refractivity contribution is 4.62. The van der Waals surface area contributed by atoms with E-state index in [2.05, 4.69) is 13.8 Å². The minimum absolute atomic E-state index is 0.669. The molecule has 2 atom stereocenters. The fourth-order valence-electron chi connectivity index (χ4n) is 1.30. The fourth-order valence-corrected chi connectivity index (χ4v) is 1.30. The zero-order valence-corrected chi connectivity index (χ0v) is 8.55. The summed E-state index contributed by atoms with van der Waals surface area (Å²) in [5, 5.41) is 0. The minimum atomic E-state index is 0.669. The van der Waals surface area contributed by atoms with Gasteiger partial charge in [0.1, 0.15) is 0 Å². The van der Waals surface area contributed by atoms with Crippen LogP contribution in [0.3, 0.4) is 0 Å². The second kappa shape index (κ2) is 7.56. The SMILES string of the molecule is CC(CN)C(C)CCCCCN. The molecule has 12 heavy (non-hydrogen) atoms. The Bertz CT molecular complexity index is 93.8. The van der Waals surface area contributed by atoms with Gasteiger partial charge in [0.25, 0.3) is 0 Å². The number of nitrogens with two attached hydrogens (primary N) is 2. The minimum Gasteiger partial charge on any atom is -0.330 e. The smallest absolute Gasteiger partial charge is 0.00490 e.